The average Bonchev–Trinajstić information content (AvgIpc) is 2.29. The number of nitrogens with one attached hydrogen (secondary N) is 1. The minimum Gasteiger partial charge on any atom is -0.310 e. The molecule has 0 aromatic heterocycles. The Morgan fingerprint density at radius 3 is 3.07 bits per heavy atom. The van der Waals surface area contributed by atoms with Gasteiger partial charge in [-0.25, -0.2) is 0 Å². The summed E-state index contributed by atoms with van der Waals surface area (Å²) in [5.41, 5.74) is 2.60. The first-order valence-electron chi connectivity index (χ1n) is 5.49. The van der Waals surface area contributed by atoms with Crippen molar-refractivity contribution in [3.05, 3.63) is 35.4 Å². The Labute approximate surface area is 90.9 Å². The lowest BCUT2D eigenvalue weighted by Crippen LogP contribution is -2.31. The number of hydrogen-bond acceptors (Lipinski definition) is 2. The molecule has 1 N–H and O–H groups in total. The van der Waals surface area contributed by atoms with Gasteiger partial charge in [0.05, 0.1) is 6.07 Å². The van der Waals surface area contributed by atoms with Gasteiger partial charge in [-0.05, 0) is 31.9 Å². The molecule has 78 valence electrons. The minimum absolute atomic E-state index is 0.219. The van der Waals surface area contributed by atoms with Gasteiger partial charge in [-0.2, -0.15) is 5.26 Å². The largest absolute Gasteiger partial charge is 0.310 e. The molecule has 2 rings (SSSR count). The normalized spacial score (nSPS) is 25.9. The summed E-state index contributed by atoms with van der Waals surface area (Å²) in [6, 6.07) is 11.3. The minimum atomic E-state index is 0.219. The molecular weight excluding hydrogens is 184 g/mol. The summed E-state index contributed by atoms with van der Waals surface area (Å²) in [7, 11) is 0. The Hall–Kier alpha value is -1.33. The van der Waals surface area contributed by atoms with Crippen LogP contribution in [0.3, 0.4) is 0 Å². The molecule has 2 atom stereocenters. The predicted molar refractivity (Wildman–Crippen MR) is 60.3 cm³/mol. The van der Waals surface area contributed by atoms with Crippen LogP contribution >= 0.6 is 0 Å². The van der Waals surface area contributed by atoms with Gasteiger partial charge in [-0.1, -0.05) is 29.8 Å². The van der Waals surface area contributed by atoms with Crippen LogP contribution in [-0.2, 0) is 0 Å². The lowest BCUT2D eigenvalue weighted by atomic mass is 9.89. The van der Waals surface area contributed by atoms with Gasteiger partial charge in [0.15, 0.2) is 0 Å². The quantitative estimate of drug-likeness (QED) is 0.756. The van der Waals surface area contributed by atoms with Crippen LogP contribution in [0.5, 0.6) is 0 Å². The van der Waals surface area contributed by atoms with E-state index in [1.807, 2.05) is 0 Å². The highest BCUT2D eigenvalue weighted by Gasteiger charge is 2.22. The number of aryl methyl sites for hydroxylation is 1. The Balaban J connectivity index is 2.14. The third-order valence-corrected chi connectivity index (χ3v) is 3.03. The van der Waals surface area contributed by atoms with Crippen molar-refractivity contribution in [3.63, 3.8) is 0 Å². The van der Waals surface area contributed by atoms with Crippen molar-refractivity contribution in [1.29, 1.82) is 5.26 Å². The van der Waals surface area contributed by atoms with E-state index in [0.29, 0.717) is 6.04 Å². The number of piperidine rings is 1. The zero-order chi connectivity index (χ0) is 10.7. The van der Waals surface area contributed by atoms with Crippen LogP contribution in [-0.4, -0.2) is 6.54 Å². The second-order valence-electron chi connectivity index (χ2n) is 4.27. The Morgan fingerprint density at radius 1 is 1.47 bits per heavy atom. The van der Waals surface area contributed by atoms with Gasteiger partial charge in [0.2, 0.25) is 0 Å². The summed E-state index contributed by atoms with van der Waals surface area (Å²) < 4.78 is 0. The fraction of sp³-hybridized carbons (Fsp3) is 0.462. The van der Waals surface area contributed by atoms with Gasteiger partial charge < -0.3 is 5.32 Å². The molecule has 1 aromatic rings. The number of nitriles is 1. The average molecular weight is 200 g/mol. The van der Waals surface area contributed by atoms with Gasteiger partial charge in [0.1, 0.15) is 0 Å². The smallest absolute Gasteiger partial charge is 0.0657 e. The molecule has 1 aromatic carbocycles. The fourth-order valence-corrected chi connectivity index (χ4v) is 2.18. The maximum Gasteiger partial charge on any atom is 0.0657 e. The molecule has 0 spiro atoms. The van der Waals surface area contributed by atoms with E-state index in [1.165, 1.54) is 11.1 Å². The first-order chi connectivity index (χ1) is 7.29. The van der Waals surface area contributed by atoms with E-state index < -0.39 is 0 Å². The fourth-order valence-electron chi connectivity index (χ4n) is 2.18. The van der Waals surface area contributed by atoms with E-state index in [4.69, 9.17) is 5.26 Å². The molecular formula is C13H16N2. The maximum absolute atomic E-state index is 8.93. The lowest BCUT2D eigenvalue weighted by Gasteiger charge is -2.27. The first-order valence-corrected chi connectivity index (χ1v) is 5.49. The molecule has 1 fully saturated rings. The van der Waals surface area contributed by atoms with E-state index in [2.05, 4.69) is 42.6 Å². The standard InChI is InChI=1S/C13H16N2/c1-10-3-2-4-12(7-10)13-8-11(9-14)5-6-15-13/h2-4,7,11,13,15H,5-6,8H2,1H3. The molecule has 2 heteroatoms. The van der Waals surface area contributed by atoms with Crippen LogP contribution in [0.4, 0.5) is 0 Å². The second kappa shape index (κ2) is 4.46. The van der Waals surface area contributed by atoms with Crippen LogP contribution in [0.1, 0.15) is 30.0 Å². The van der Waals surface area contributed by atoms with Gasteiger partial charge in [0, 0.05) is 12.0 Å². The molecule has 0 saturated carbocycles. The van der Waals surface area contributed by atoms with E-state index in [0.717, 1.165) is 19.4 Å². The summed E-state index contributed by atoms with van der Waals surface area (Å²) in [4.78, 5) is 0. The molecule has 0 aliphatic carbocycles. The Kier molecular flexibility index (Phi) is 3.03. The van der Waals surface area contributed by atoms with Crippen molar-refractivity contribution in [3.8, 4) is 6.07 Å². The Morgan fingerprint density at radius 2 is 2.33 bits per heavy atom. The molecule has 2 nitrogen and oxygen atoms in total. The monoisotopic (exact) mass is 200 g/mol. The maximum atomic E-state index is 8.93. The number of hydrogen-bond donors (Lipinski definition) is 1. The summed E-state index contributed by atoms with van der Waals surface area (Å²) in [5.74, 6) is 0.219. The molecule has 1 saturated heterocycles. The second-order valence-corrected chi connectivity index (χ2v) is 4.27. The summed E-state index contributed by atoms with van der Waals surface area (Å²) >= 11 is 0. The van der Waals surface area contributed by atoms with Crippen LogP contribution in [0.2, 0.25) is 0 Å². The van der Waals surface area contributed by atoms with E-state index in [-0.39, 0.29) is 5.92 Å². The topological polar surface area (TPSA) is 35.8 Å². The van der Waals surface area contributed by atoms with Crippen LogP contribution in [0.15, 0.2) is 24.3 Å². The molecule has 1 aliphatic rings. The lowest BCUT2D eigenvalue weighted by molar-refractivity contribution is 0.356. The highest BCUT2D eigenvalue weighted by atomic mass is 14.9. The van der Waals surface area contributed by atoms with Gasteiger partial charge in [0.25, 0.3) is 0 Å². The molecule has 1 heterocycles. The van der Waals surface area contributed by atoms with Crippen molar-refractivity contribution in [1.82, 2.24) is 5.32 Å². The molecule has 1 aliphatic heterocycles. The molecule has 0 amide bonds. The predicted octanol–water partition coefficient (Wildman–Crippen LogP) is 2.56. The van der Waals surface area contributed by atoms with Crippen molar-refractivity contribution < 1.29 is 0 Å². The summed E-state index contributed by atoms with van der Waals surface area (Å²) in [5, 5.41) is 12.4. The number of rotatable bonds is 1. The molecule has 2 unspecified atom stereocenters. The third-order valence-electron chi connectivity index (χ3n) is 3.03. The van der Waals surface area contributed by atoms with E-state index >= 15 is 0 Å². The van der Waals surface area contributed by atoms with Crippen molar-refractivity contribution >= 4 is 0 Å². The number of benzene rings is 1. The van der Waals surface area contributed by atoms with Gasteiger partial charge in [-0.15, -0.1) is 0 Å². The summed E-state index contributed by atoms with van der Waals surface area (Å²) in [6.45, 7) is 3.06. The summed E-state index contributed by atoms with van der Waals surface area (Å²) in [6.07, 6.45) is 1.93. The van der Waals surface area contributed by atoms with Gasteiger partial charge >= 0.3 is 0 Å². The third kappa shape index (κ3) is 2.37. The van der Waals surface area contributed by atoms with Crippen molar-refractivity contribution in [2.75, 3.05) is 6.54 Å². The van der Waals surface area contributed by atoms with E-state index in [9.17, 15) is 0 Å². The van der Waals surface area contributed by atoms with Crippen LogP contribution in [0, 0.1) is 24.2 Å². The van der Waals surface area contributed by atoms with Gasteiger partial charge in [-0.3, -0.25) is 0 Å². The highest BCUT2D eigenvalue weighted by Crippen LogP contribution is 2.27. The van der Waals surface area contributed by atoms with Crippen molar-refractivity contribution in [2.45, 2.75) is 25.8 Å². The zero-order valence-electron chi connectivity index (χ0n) is 9.03. The van der Waals surface area contributed by atoms with Crippen molar-refractivity contribution in [2.24, 2.45) is 5.92 Å². The first kappa shape index (κ1) is 10.2. The molecule has 0 radical (unpaired) electrons. The SMILES string of the molecule is Cc1cccc(C2CC(C#N)CCN2)c1. The molecule has 0 bridgehead atoms. The number of nitrogens with zero attached hydrogens (tertiary/aromatic N) is 1. The van der Waals surface area contributed by atoms with Crippen LogP contribution in [0.25, 0.3) is 0 Å². The van der Waals surface area contributed by atoms with E-state index in [1.54, 1.807) is 0 Å². The van der Waals surface area contributed by atoms with Crippen LogP contribution < -0.4 is 5.32 Å². The Bertz CT molecular complexity index is 378. The zero-order valence-corrected chi connectivity index (χ0v) is 9.03. The highest BCUT2D eigenvalue weighted by molar-refractivity contribution is 5.25. The molecule has 15 heavy (non-hydrogen) atoms.